The van der Waals surface area contributed by atoms with Crippen LogP contribution in [0.5, 0.6) is 0 Å². The Balaban J connectivity index is 2.01. The average molecular weight is 321 g/mol. The molecule has 2 heterocycles. The van der Waals surface area contributed by atoms with Gasteiger partial charge in [-0.3, -0.25) is 14.3 Å². The zero-order valence-corrected chi connectivity index (χ0v) is 14.2. The molecule has 0 radical (unpaired) electrons. The van der Waals surface area contributed by atoms with Gasteiger partial charge in [-0.05, 0) is 26.3 Å². The summed E-state index contributed by atoms with van der Waals surface area (Å²) < 4.78 is 1.68. The molecular formula is C16H27N5O2. The number of rotatable bonds is 6. The number of carbonyl (C=O) groups is 2. The van der Waals surface area contributed by atoms with Crippen molar-refractivity contribution in [3.05, 3.63) is 18.0 Å². The highest BCUT2D eigenvalue weighted by Gasteiger charge is 2.32. The predicted molar refractivity (Wildman–Crippen MR) is 87.6 cm³/mol. The Morgan fingerprint density at radius 3 is 2.87 bits per heavy atom. The minimum atomic E-state index is -0.416. The minimum Gasteiger partial charge on any atom is -0.356 e. The monoisotopic (exact) mass is 321 g/mol. The van der Waals surface area contributed by atoms with Crippen molar-refractivity contribution in [1.29, 1.82) is 0 Å². The highest BCUT2D eigenvalue weighted by Crippen LogP contribution is 2.21. The molecule has 2 atom stereocenters. The number of likely N-dealkylation sites (tertiary alicyclic amines) is 1. The van der Waals surface area contributed by atoms with Gasteiger partial charge >= 0.3 is 0 Å². The predicted octanol–water partition coefficient (Wildman–Crippen LogP) is 0.445. The Bertz CT molecular complexity index is 542. The number of piperidine rings is 1. The summed E-state index contributed by atoms with van der Waals surface area (Å²) in [4.78, 5) is 26.8. The van der Waals surface area contributed by atoms with Gasteiger partial charge in [0, 0.05) is 38.4 Å². The molecule has 1 aliphatic heterocycles. The molecule has 1 aromatic rings. The van der Waals surface area contributed by atoms with Crippen molar-refractivity contribution in [1.82, 2.24) is 25.3 Å². The van der Waals surface area contributed by atoms with Crippen LogP contribution in [0.4, 0.5) is 0 Å². The van der Waals surface area contributed by atoms with E-state index >= 15 is 0 Å². The number of nitrogens with one attached hydrogen (secondary N) is 2. The van der Waals surface area contributed by atoms with Crippen molar-refractivity contribution in [2.75, 3.05) is 26.7 Å². The first-order chi connectivity index (χ1) is 11.1. The molecule has 0 aliphatic carbocycles. The maximum absolute atomic E-state index is 12.8. The summed E-state index contributed by atoms with van der Waals surface area (Å²) in [5.41, 5.74) is 0.845. The summed E-state index contributed by atoms with van der Waals surface area (Å²) in [6, 6.07) is -0.416. The second-order valence-corrected chi connectivity index (χ2v) is 6.08. The van der Waals surface area contributed by atoms with Gasteiger partial charge in [0.15, 0.2) is 0 Å². The molecule has 0 saturated carbocycles. The number of likely N-dealkylation sites (N-methyl/N-ethyl adjacent to an activating group) is 1. The van der Waals surface area contributed by atoms with Gasteiger partial charge in [-0.1, -0.05) is 6.92 Å². The van der Waals surface area contributed by atoms with Gasteiger partial charge in [0.05, 0.1) is 12.1 Å². The molecule has 7 heteroatoms. The number of aromatic nitrogens is 2. The Morgan fingerprint density at radius 1 is 1.48 bits per heavy atom. The Kier molecular flexibility index (Phi) is 6.15. The SMILES string of the molecule is CCCNC(=O)C1CCCN(C(=O)C(NC)c2cnn(C)c2)C1. The van der Waals surface area contributed by atoms with Crippen LogP contribution in [0.15, 0.2) is 12.4 Å². The topological polar surface area (TPSA) is 79.3 Å². The maximum atomic E-state index is 12.8. The molecule has 0 aromatic carbocycles. The zero-order valence-electron chi connectivity index (χ0n) is 14.2. The van der Waals surface area contributed by atoms with Crippen LogP contribution in [0.1, 0.15) is 37.8 Å². The fourth-order valence-electron chi connectivity index (χ4n) is 2.99. The Hall–Kier alpha value is -1.89. The van der Waals surface area contributed by atoms with E-state index < -0.39 is 6.04 Å². The molecule has 128 valence electrons. The van der Waals surface area contributed by atoms with Crippen LogP contribution in [0.25, 0.3) is 0 Å². The molecule has 1 aliphatic rings. The van der Waals surface area contributed by atoms with E-state index in [9.17, 15) is 9.59 Å². The minimum absolute atomic E-state index is 0.00786. The molecule has 23 heavy (non-hydrogen) atoms. The molecule has 2 unspecified atom stereocenters. The van der Waals surface area contributed by atoms with E-state index in [1.165, 1.54) is 0 Å². The lowest BCUT2D eigenvalue weighted by Crippen LogP contribution is -2.48. The van der Waals surface area contributed by atoms with E-state index in [4.69, 9.17) is 0 Å². The first-order valence-corrected chi connectivity index (χ1v) is 8.29. The highest BCUT2D eigenvalue weighted by molar-refractivity contribution is 5.85. The fraction of sp³-hybridized carbons (Fsp3) is 0.688. The van der Waals surface area contributed by atoms with E-state index in [-0.39, 0.29) is 17.7 Å². The molecule has 0 spiro atoms. The van der Waals surface area contributed by atoms with Crippen LogP contribution in [-0.2, 0) is 16.6 Å². The number of hydrogen-bond acceptors (Lipinski definition) is 4. The second-order valence-electron chi connectivity index (χ2n) is 6.08. The molecule has 7 nitrogen and oxygen atoms in total. The van der Waals surface area contributed by atoms with Gasteiger partial charge < -0.3 is 15.5 Å². The first-order valence-electron chi connectivity index (χ1n) is 8.29. The van der Waals surface area contributed by atoms with Crippen LogP contribution in [0, 0.1) is 5.92 Å². The van der Waals surface area contributed by atoms with E-state index in [0.717, 1.165) is 24.8 Å². The number of nitrogens with zero attached hydrogens (tertiary/aromatic N) is 3. The van der Waals surface area contributed by atoms with Crippen LogP contribution in [0.2, 0.25) is 0 Å². The number of amides is 2. The largest absolute Gasteiger partial charge is 0.356 e. The molecule has 2 rings (SSSR count). The van der Waals surface area contributed by atoms with E-state index in [1.54, 1.807) is 22.8 Å². The lowest BCUT2D eigenvalue weighted by Gasteiger charge is -2.34. The van der Waals surface area contributed by atoms with Crippen LogP contribution in [-0.4, -0.2) is 53.2 Å². The molecule has 1 aromatic heterocycles. The van der Waals surface area contributed by atoms with Gasteiger partial charge in [-0.25, -0.2) is 0 Å². The van der Waals surface area contributed by atoms with Crippen molar-refractivity contribution >= 4 is 11.8 Å². The second kappa shape index (κ2) is 8.10. The summed E-state index contributed by atoms with van der Waals surface area (Å²) in [5, 5.41) is 10.1. The summed E-state index contributed by atoms with van der Waals surface area (Å²) in [5.74, 6) is -0.0362. The van der Waals surface area contributed by atoms with Crippen molar-refractivity contribution in [3.63, 3.8) is 0 Å². The van der Waals surface area contributed by atoms with Gasteiger partial charge in [-0.2, -0.15) is 5.10 Å². The molecular weight excluding hydrogens is 294 g/mol. The summed E-state index contributed by atoms with van der Waals surface area (Å²) in [7, 11) is 3.60. The van der Waals surface area contributed by atoms with Crippen molar-refractivity contribution in [2.45, 2.75) is 32.2 Å². The number of hydrogen-bond donors (Lipinski definition) is 2. The summed E-state index contributed by atoms with van der Waals surface area (Å²) >= 11 is 0. The third-order valence-electron chi connectivity index (χ3n) is 4.25. The lowest BCUT2D eigenvalue weighted by atomic mass is 9.96. The van der Waals surface area contributed by atoms with Crippen molar-refractivity contribution in [2.24, 2.45) is 13.0 Å². The van der Waals surface area contributed by atoms with E-state index in [0.29, 0.717) is 19.6 Å². The normalized spacial score (nSPS) is 19.4. The van der Waals surface area contributed by atoms with Gasteiger partial charge in [0.25, 0.3) is 0 Å². The molecule has 1 saturated heterocycles. The zero-order chi connectivity index (χ0) is 16.8. The molecule has 2 amide bonds. The first kappa shape index (κ1) is 17.5. The van der Waals surface area contributed by atoms with Crippen LogP contribution >= 0.6 is 0 Å². The quantitative estimate of drug-likeness (QED) is 0.797. The van der Waals surface area contributed by atoms with Crippen molar-refractivity contribution < 1.29 is 9.59 Å². The third-order valence-corrected chi connectivity index (χ3v) is 4.25. The van der Waals surface area contributed by atoms with Gasteiger partial charge in [0.1, 0.15) is 6.04 Å². The fourth-order valence-corrected chi connectivity index (χ4v) is 2.99. The van der Waals surface area contributed by atoms with E-state index in [2.05, 4.69) is 15.7 Å². The smallest absolute Gasteiger partial charge is 0.244 e. The number of carbonyl (C=O) groups excluding carboxylic acids is 2. The molecule has 1 fully saturated rings. The molecule has 0 bridgehead atoms. The number of aryl methyl sites for hydroxylation is 1. The summed E-state index contributed by atoms with van der Waals surface area (Å²) in [6.07, 6.45) is 6.17. The van der Waals surface area contributed by atoms with E-state index in [1.807, 2.05) is 20.2 Å². The maximum Gasteiger partial charge on any atom is 0.244 e. The van der Waals surface area contributed by atoms with Crippen LogP contribution in [0.3, 0.4) is 0 Å². The summed E-state index contributed by atoms with van der Waals surface area (Å²) in [6.45, 7) is 3.92. The third kappa shape index (κ3) is 4.31. The highest BCUT2D eigenvalue weighted by atomic mass is 16.2. The standard InChI is InChI=1S/C16H27N5O2/c1-4-7-18-15(22)12-6-5-8-21(11-12)16(23)14(17-2)13-9-19-20(3)10-13/h9-10,12,14,17H,4-8,11H2,1-3H3,(H,18,22). The lowest BCUT2D eigenvalue weighted by molar-refractivity contribution is -0.137. The van der Waals surface area contributed by atoms with Gasteiger partial charge in [0.2, 0.25) is 11.8 Å². The van der Waals surface area contributed by atoms with Crippen LogP contribution < -0.4 is 10.6 Å². The van der Waals surface area contributed by atoms with Crippen molar-refractivity contribution in [3.8, 4) is 0 Å². The Labute approximate surface area is 137 Å². The van der Waals surface area contributed by atoms with Gasteiger partial charge in [-0.15, -0.1) is 0 Å². The average Bonchev–Trinajstić information content (AvgIpc) is 2.99. The Morgan fingerprint density at radius 2 is 2.26 bits per heavy atom. The molecule has 2 N–H and O–H groups in total.